The lowest BCUT2D eigenvalue weighted by Gasteiger charge is -2.20. The third kappa shape index (κ3) is 8.71. The third-order valence-electron chi connectivity index (χ3n) is 6.43. The van der Waals surface area contributed by atoms with Gasteiger partial charge in [0.25, 0.3) is 10.1 Å². The summed E-state index contributed by atoms with van der Waals surface area (Å²) in [6.07, 6.45) is 0. The van der Waals surface area contributed by atoms with Crippen LogP contribution in [-0.2, 0) is 60.8 Å². The van der Waals surface area contributed by atoms with Gasteiger partial charge in [0.05, 0.1) is 37.7 Å². The molecule has 0 radical (unpaired) electrons. The monoisotopic (exact) mass is 747 g/mol. The van der Waals surface area contributed by atoms with Crippen LogP contribution >= 0.6 is 0 Å². The van der Waals surface area contributed by atoms with Crippen LogP contribution in [0.3, 0.4) is 0 Å². The molecule has 0 unspecified atom stereocenters. The number of anilines is 1. The van der Waals surface area contributed by atoms with Crippen molar-refractivity contribution in [1.82, 2.24) is 0 Å². The highest BCUT2D eigenvalue weighted by Crippen LogP contribution is 2.45. The van der Waals surface area contributed by atoms with Crippen LogP contribution in [0.5, 0.6) is 0 Å². The number of rotatable bonds is 9. The minimum atomic E-state index is -4.62. The SMILES string of the molecule is CCS(=O)(=O)c1cc(NC)c2ccc3c(S(=O)(=O)CCS(=O)(=O)O)cc(S(=O)(=O)CC)c4ccc1c2c43.O=S(=O)=O.O=S(=O)=O. The van der Waals surface area contributed by atoms with E-state index in [1.165, 1.54) is 38.1 Å². The normalized spacial score (nSPS) is 12.3. The highest BCUT2D eigenvalue weighted by molar-refractivity contribution is 7.94. The predicted octanol–water partition coefficient (Wildman–Crippen LogP) is 0.866. The molecule has 22 heteroatoms. The fraction of sp³-hybridized carbons (Fsp3) is 0.304. The Morgan fingerprint density at radius 2 is 0.911 bits per heavy atom. The summed E-state index contributed by atoms with van der Waals surface area (Å²) < 4.78 is 161. The molecule has 0 heterocycles. The first-order valence-corrected chi connectivity index (χ1v) is 20.7. The molecule has 0 atom stereocenters. The maximum absolute atomic E-state index is 13.3. The molecule has 248 valence electrons. The molecule has 0 saturated heterocycles. The van der Waals surface area contributed by atoms with Gasteiger partial charge in [-0.3, -0.25) is 4.55 Å². The quantitative estimate of drug-likeness (QED) is 0.177. The first kappa shape index (κ1) is 37.9. The summed E-state index contributed by atoms with van der Waals surface area (Å²) >= 11 is 0. The smallest absolute Gasteiger partial charge is 0.388 e. The van der Waals surface area contributed by atoms with E-state index in [0.717, 1.165) is 6.07 Å². The average molecular weight is 748 g/mol. The van der Waals surface area contributed by atoms with E-state index < -0.39 is 77.2 Å². The Labute approximate surface area is 261 Å². The highest BCUT2D eigenvalue weighted by Gasteiger charge is 2.29. The zero-order chi connectivity index (χ0) is 34.7. The summed E-state index contributed by atoms with van der Waals surface area (Å²) in [5, 5.41) is 4.76. The Kier molecular flexibility index (Phi) is 11.8. The Bertz CT molecular complexity index is 2410. The van der Waals surface area contributed by atoms with Crippen LogP contribution in [0, 0.1) is 0 Å². The number of nitrogens with one attached hydrogen (secondary N) is 1. The van der Waals surface area contributed by atoms with Crippen LogP contribution in [-0.4, -0.2) is 93.5 Å². The van der Waals surface area contributed by atoms with E-state index in [4.69, 9.17) is 29.8 Å². The molecule has 0 aliphatic rings. The van der Waals surface area contributed by atoms with E-state index in [0.29, 0.717) is 21.8 Å². The zero-order valence-electron chi connectivity index (χ0n) is 23.4. The predicted molar refractivity (Wildman–Crippen MR) is 163 cm³/mol. The van der Waals surface area contributed by atoms with Gasteiger partial charge in [-0.2, -0.15) is 8.42 Å². The summed E-state index contributed by atoms with van der Waals surface area (Å²) in [6, 6.07) is 8.59. The van der Waals surface area contributed by atoms with E-state index in [2.05, 4.69) is 5.32 Å². The van der Waals surface area contributed by atoms with E-state index in [-0.39, 0.29) is 37.5 Å². The number of sulfone groups is 3. The van der Waals surface area contributed by atoms with Gasteiger partial charge in [-0.1, -0.05) is 38.1 Å². The van der Waals surface area contributed by atoms with Gasteiger partial charge in [-0.25, -0.2) is 25.3 Å². The molecule has 0 fully saturated rings. The van der Waals surface area contributed by atoms with Gasteiger partial charge < -0.3 is 5.32 Å². The molecular weight excluding hydrogens is 723 g/mol. The zero-order valence-corrected chi connectivity index (χ0v) is 28.3. The Hall–Kier alpha value is -3.28. The van der Waals surface area contributed by atoms with Crippen LogP contribution in [0.15, 0.2) is 51.1 Å². The van der Waals surface area contributed by atoms with Crippen LogP contribution in [0.4, 0.5) is 5.69 Å². The molecule has 4 aromatic rings. The van der Waals surface area contributed by atoms with Crippen molar-refractivity contribution in [2.24, 2.45) is 0 Å². The fourth-order valence-electron chi connectivity index (χ4n) is 4.51. The van der Waals surface area contributed by atoms with Gasteiger partial charge in [0.2, 0.25) is 0 Å². The molecule has 4 rings (SSSR count). The maximum atomic E-state index is 13.3. The fourth-order valence-corrected chi connectivity index (χ4v) is 9.56. The standard InChI is InChI=1S/C23H25NO9S4.2O3S/c1-4-34(25,26)19-12-18(24-3)14-6-7-17-21(36(29,30)10-11-37(31,32)33)13-20(35(27,28)5-2)16-9-8-15(19)22(14)23(16)17;2*1-4(2)3/h6-9,12-13,24H,4-5,10-11H2,1-3H3,(H,31,32,33);;. The second-order valence-electron chi connectivity index (χ2n) is 8.94. The summed E-state index contributed by atoms with van der Waals surface area (Å²) in [5.74, 6) is -2.57. The summed E-state index contributed by atoms with van der Waals surface area (Å²) in [7, 11) is -21.3. The van der Waals surface area contributed by atoms with Gasteiger partial charge in [0.15, 0.2) is 29.5 Å². The van der Waals surface area contributed by atoms with Crippen molar-refractivity contribution in [2.75, 3.05) is 35.4 Å². The molecule has 0 bridgehead atoms. The van der Waals surface area contributed by atoms with Crippen molar-refractivity contribution in [1.29, 1.82) is 0 Å². The molecule has 0 aromatic heterocycles. The minimum Gasteiger partial charge on any atom is -0.388 e. The molecule has 0 spiro atoms. The van der Waals surface area contributed by atoms with Gasteiger partial charge >= 0.3 is 21.2 Å². The van der Waals surface area contributed by atoms with E-state index in [1.807, 2.05) is 0 Å². The highest BCUT2D eigenvalue weighted by atomic mass is 32.2. The lowest BCUT2D eigenvalue weighted by Crippen LogP contribution is -2.18. The molecular formula is C23H25NO15S6. The molecule has 16 nitrogen and oxygen atoms in total. The summed E-state index contributed by atoms with van der Waals surface area (Å²) in [4.78, 5) is -0.669. The largest absolute Gasteiger partial charge is 0.425 e. The number of benzene rings is 4. The minimum absolute atomic E-state index is 0.0146. The van der Waals surface area contributed by atoms with Crippen molar-refractivity contribution < 1.29 is 63.5 Å². The number of hydrogen-bond donors (Lipinski definition) is 2. The van der Waals surface area contributed by atoms with Crippen molar-refractivity contribution in [3.05, 3.63) is 36.4 Å². The number of hydrogen-bond acceptors (Lipinski definition) is 15. The first-order valence-electron chi connectivity index (χ1n) is 12.2. The van der Waals surface area contributed by atoms with Gasteiger partial charge in [0, 0.05) is 45.1 Å². The summed E-state index contributed by atoms with van der Waals surface area (Å²) in [5.41, 5.74) is 0.452. The van der Waals surface area contributed by atoms with Crippen molar-refractivity contribution in [3.8, 4) is 0 Å². The molecule has 0 aliphatic carbocycles. The van der Waals surface area contributed by atoms with Gasteiger partial charge in [0.1, 0.15) is 0 Å². The molecule has 0 aliphatic heterocycles. The Morgan fingerprint density at radius 1 is 0.578 bits per heavy atom. The lowest BCUT2D eigenvalue weighted by molar-refractivity contribution is 0.484. The van der Waals surface area contributed by atoms with Crippen LogP contribution in [0.1, 0.15) is 13.8 Å². The van der Waals surface area contributed by atoms with Crippen molar-refractivity contribution in [2.45, 2.75) is 28.5 Å². The third-order valence-corrected chi connectivity index (χ3v) is 12.7. The van der Waals surface area contributed by atoms with Crippen molar-refractivity contribution in [3.63, 3.8) is 0 Å². The molecule has 2 N–H and O–H groups in total. The van der Waals surface area contributed by atoms with Crippen molar-refractivity contribution >= 4 is 98.9 Å². The van der Waals surface area contributed by atoms with Crippen LogP contribution < -0.4 is 5.32 Å². The molecule has 0 amide bonds. The van der Waals surface area contributed by atoms with E-state index in [9.17, 15) is 33.7 Å². The van der Waals surface area contributed by atoms with Crippen LogP contribution in [0.2, 0.25) is 0 Å². The molecule has 45 heavy (non-hydrogen) atoms. The summed E-state index contributed by atoms with van der Waals surface area (Å²) in [6.45, 7) is 2.91. The maximum Gasteiger partial charge on any atom is 0.425 e. The van der Waals surface area contributed by atoms with E-state index >= 15 is 0 Å². The molecule has 0 saturated carbocycles. The second-order valence-corrected chi connectivity index (χ2v) is 17.9. The Balaban J connectivity index is 0.000000789. The average Bonchev–Trinajstić information content (AvgIpc) is 2.93. The second kappa shape index (κ2) is 14.0. The van der Waals surface area contributed by atoms with Gasteiger partial charge in [-0.15, -0.1) is 25.3 Å². The van der Waals surface area contributed by atoms with E-state index in [1.54, 1.807) is 13.1 Å². The topological polar surface area (TPSA) is 271 Å². The Morgan fingerprint density at radius 3 is 1.27 bits per heavy atom. The first-order chi connectivity index (χ1) is 20.5. The lowest BCUT2D eigenvalue weighted by atomic mass is 9.93. The van der Waals surface area contributed by atoms with Gasteiger partial charge in [-0.05, 0) is 12.1 Å². The molecule has 4 aromatic carbocycles. The van der Waals surface area contributed by atoms with Crippen LogP contribution in [0.25, 0.3) is 32.3 Å².